The molecule has 0 radical (unpaired) electrons. The monoisotopic (exact) mass is 396 g/mol. The van der Waals surface area contributed by atoms with Gasteiger partial charge >= 0.3 is 0 Å². The Morgan fingerprint density at radius 1 is 1.44 bits per heavy atom. The van der Waals surface area contributed by atoms with Crippen LogP contribution in [0.1, 0.15) is 29.8 Å². The molecule has 0 saturated heterocycles. The van der Waals surface area contributed by atoms with Crippen molar-refractivity contribution < 1.29 is 22.4 Å². The summed E-state index contributed by atoms with van der Waals surface area (Å²) in [6.07, 6.45) is 3.63. The Morgan fingerprint density at radius 3 is 2.78 bits per heavy atom. The fraction of sp³-hybridized carbons (Fsp3) is 0.471. The zero-order valence-electron chi connectivity index (χ0n) is 15.2. The van der Waals surface area contributed by atoms with Crippen LogP contribution in [0.5, 0.6) is 0 Å². The van der Waals surface area contributed by atoms with Crippen molar-refractivity contribution in [3.63, 3.8) is 0 Å². The van der Waals surface area contributed by atoms with Crippen LogP contribution in [-0.4, -0.2) is 59.7 Å². The van der Waals surface area contributed by atoms with Gasteiger partial charge in [0.2, 0.25) is 5.91 Å². The summed E-state index contributed by atoms with van der Waals surface area (Å²) in [5.74, 6) is -1.85. The smallest absolute Gasteiger partial charge is 0.257 e. The molecule has 0 bridgehead atoms. The standard InChI is InChI=1S/C17H21FN4O4S/c1-9(2)14(16(23)19-4-5-27(3,25)26)22-8-11-12(18)7-21-15-13(11)10(6-20-15)17(22)24/h6-7,9,14H,4-5,8H2,1-3H3,(H,19,23)(H,20,21). The third kappa shape index (κ3) is 3.66. The zero-order valence-corrected chi connectivity index (χ0v) is 16.1. The minimum absolute atomic E-state index is 0.0494. The van der Waals surface area contributed by atoms with Crippen molar-refractivity contribution in [3.8, 4) is 0 Å². The molecule has 10 heteroatoms. The molecule has 27 heavy (non-hydrogen) atoms. The largest absolute Gasteiger partial charge is 0.353 e. The van der Waals surface area contributed by atoms with Crippen LogP contribution in [0.4, 0.5) is 4.39 Å². The second-order valence-corrected chi connectivity index (χ2v) is 9.31. The van der Waals surface area contributed by atoms with E-state index in [-0.39, 0.29) is 30.3 Å². The molecule has 1 aliphatic heterocycles. The summed E-state index contributed by atoms with van der Waals surface area (Å²) in [5, 5.41) is 3.01. The second kappa shape index (κ2) is 6.91. The summed E-state index contributed by atoms with van der Waals surface area (Å²) in [7, 11) is -3.22. The van der Waals surface area contributed by atoms with Crippen molar-refractivity contribution in [1.29, 1.82) is 0 Å². The fourth-order valence-electron chi connectivity index (χ4n) is 3.35. The Hall–Kier alpha value is -2.49. The summed E-state index contributed by atoms with van der Waals surface area (Å²) in [6, 6.07) is -0.859. The number of rotatable bonds is 6. The quantitative estimate of drug-likeness (QED) is 0.752. The molecule has 0 spiro atoms. The molecule has 1 aliphatic rings. The first-order chi connectivity index (χ1) is 12.6. The lowest BCUT2D eigenvalue weighted by Crippen LogP contribution is -2.53. The highest BCUT2D eigenvalue weighted by Crippen LogP contribution is 2.32. The number of amides is 2. The SMILES string of the molecule is CC(C)C(C(=O)NCCS(C)(=O)=O)N1Cc2c(F)cnc3[nH]cc(c23)C1=O. The highest BCUT2D eigenvalue weighted by molar-refractivity contribution is 7.90. The summed E-state index contributed by atoms with van der Waals surface area (Å²) in [6.45, 7) is 3.45. The number of aromatic amines is 1. The van der Waals surface area contributed by atoms with Gasteiger partial charge in [-0.2, -0.15) is 0 Å². The molecule has 0 aromatic carbocycles. The first-order valence-corrected chi connectivity index (χ1v) is 10.6. The Kier molecular flexibility index (Phi) is 4.94. The maximum atomic E-state index is 14.3. The van der Waals surface area contributed by atoms with E-state index >= 15 is 0 Å². The van der Waals surface area contributed by atoms with E-state index in [4.69, 9.17) is 0 Å². The molecule has 8 nitrogen and oxygen atoms in total. The predicted octanol–water partition coefficient (Wildman–Crippen LogP) is 0.843. The van der Waals surface area contributed by atoms with E-state index in [0.29, 0.717) is 16.6 Å². The van der Waals surface area contributed by atoms with E-state index in [1.807, 2.05) is 0 Å². The van der Waals surface area contributed by atoms with Crippen molar-refractivity contribution in [2.24, 2.45) is 5.92 Å². The van der Waals surface area contributed by atoms with Crippen LogP contribution in [0.25, 0.3) is 11.0 Å². The third-order valence-corrected chi connectivity index (χ3v) is 5.53. The topological polar surface area (TPSA) is 112 Å². The molecule has 1 atom stereocenters. The van der Waals surface area contributed by atoms with Crippen molar-refractivity contribution in [1.82, 2.24) is 20.2 Å². The van der Waals surface area contributed by atoms with Crippen molar-refractivity contribution in [2.45, 2.75) is 26.4 Å². The van der Waals surface area contributed by atoms with Gasteiger partial charge in [0.1, 0.15) is 27.3 Å². The maximum Gasteiger partial charge on any atom is 0.257 e. The molecule has 3 rings (SSSR count). The normalized spacial score (nSPS) is 15.4. The number of carbonyl (C=O) groups is 2. The summed E-state index contributed by atoms with van der Waals surface area (Å²) < 4.78 is 36.8. The number of H-pyrrole nitrogens is 1. The van der Waals surface area contributed by atoms with Crippen molar-refractivity contribution in [2.75, 3.05) is 18.6 Å². The highest BCUT2D eigenvalue weighted by atomic mass is 32.2. The van der Waals surface area contributed by atoms with Crippen molar-refractivity contribution in [3.05, 3.63) is 29.3 Å². The molecule has 0 fully saturated rings. The molecule has 146 valence electrons. The van der Waals surface area contributed by atoms with Gasteiger partial charge in [0.25, 0.3) is 5.91 Å². The van der Waals surface area contributed by atoms with Crippen LogP contribution in [0.15, 0.2) is 12.4 Å². The summed E-state index contributed by atoms with van der Waals surface area (Å²) in [4.78, 5) is 33.7. The summed E-state index contributed by atoms with van der Waals surface area (Å²) in [5.41, 5.74) is 1.01. The van der Waals surface area contributed by atoms with Gasteiger partial charge in [0.15, 0.2) is 0 Å². The minimum Gasteiger partial charge on any atom is -0.353 e. The van der Waals surface area contributed by atoms with Gasteiger partial charge in [-0.15, -0.1) is 0 Å². The lowest BCUT2D eigenvalue weighted by Gasteiger charge is -2.35. The van der Waals surface area contributed by atoms with E-state index in [9.17, 15) is 22.4 Å². The molecule has 2 aromatic rings. The Morgan fingerprint density at radius 2 is 2.15 bits per heavy atom. The van der Waals surface area contributed by atoms with E-state index in [1.165, 1.54) is 11.1 Å². The number of hydrogen-bond acceptors (Lipinski definition) is 5. The molecule has 3 heterocycles. The maximum absolute atomic E-state index is 14.3. The van der Waals surface area contributed by atoms with Gasteiger partial charge in [-0.1, -0.05) is 13.8 Å². The fourth-order valence-corrected chi connectivity index (χ4v) is 3.82. The third-order valence-electron chi connectivity index (χ3n) is 4.58. The first kappa shape index (κ1) is 19.3. The van der Waals surface area contributed by atoms with Gasteiger partial charge < -0.3 is 15.2 Å². The average molecular weight is 396 g/mol. The Balaban J connectivity index is 1.90. The molecule has 0 aliphatic carbocycles. The molecular formula is C17H21FN4O4S. The number of nitrogens with zero attached hydrogens (tertiary/aromatic N) is 2. The number of carbonyl (C=O) groups excluding carboxylic acids is 2. The Bertz CT molecular complexity index is 1020. The molecule has 2 aromatic heterocycles. The van der Waals surface area contributed by atoms with Crippen LogP contribution in [0.3, 0.4) is 0 Å². The minimum atomic E-state index is -3.22. The first-order valence-electron chi connectivity index (χ1n) is 8.51. The van der Waals surface area contributed by atoms with Crippen LogP contribution < -0.4 is 5.32 Å². The number of hydrogen-bond donors (Lipinski definition) is 2. The lowest BCUT2D eigenvalue weighted by molar-refractivity contribution is -0.127. The number of aromatic nitrogens is 2. The van der Waals surface area contributed by atoms with E-state index in [1.54, 1.807) is 13.8 Å². The molecule has 2 amide bonds. The van der Waals surface area contributed by atoms with Gasteiger partial charge in [0.05, 0.1) is 24.1 Å². The molecule has 0 saturated carbocycles. The van der Waals surface area contributed by atoms with Gasteiger partial charge in [-0.25, -0.2) is 17.8 Å². The van der Waals surface area contributed by atoms with Crippen molar-refractivity contribution >= 4 is 32.7 Å². The number of halogens is 1. The second-order valence-electron chi connectivity index (χ2n) is 7.05. The number of pyridine rings is 1. The van der Waals surface area contributed by atoms with E-state index in [2.05, 4.69) is 15.3 Å². The number of sulfone groups is 1. The van der Waals surface area contributed by atoms with Gasteiger partial charge in [0, 0.05) is 29.9 Å². The van der Waals surface area contributed by atoms with Crippen LogP contribution in [0.2, 0.25) is 0 Å². The highest BCUT2D eigenvalue weighted by Gasteiger charge is 2.38. The lowest BCUT2D eigenvalue weighted by atomic mass is 9.95. The average Bonchev–Trinajstić information content (AvgIpc) is 2.98. The van der Waals surface area contributed by atoms with Crippen LogP contribution in [0, 0.1) is 11.7 Å². The zero-order chi connectivity index (χ0) is 19.9. The van der Waals surface area contributed by atoms with E-state index in [0.717, 1.165) is 12.5 Å². The predicted molar refractivity (Wildman–Crippen MR) is 97.3 cm³/mol. The van der Waals surface area contributed by atoms with Crippen LogP contribution in [-0.2, 0) is 21.2 Å². The van der Waals surface area contributed by atoms with Gasteiger partial charge in [-0.3, -0.25) is 9.59 Å². The van der Waals surface area contributed by atoms with E-state index < -0.39 is 33.5 Å². The molecular weight excluding hydrogens is 375 g/mol. The van der Waals surface area contributed by atoms with Gasteiger partial charge in [-0.05, 0) is 5.92 Å². The molecule has 1 unspecified atom stereocenters. The summed E-state index contributed by atoms with van der Waals surface area (Å²) >= 11 is 0. The molecule has 2 N–H and O–H groups in total. The van der Waals surface area contributed by atoms with Crippen LogP contribution >= 0.6 is 0 Å². The Labute approximate surface area is 156 Å². The number of nitrogens with one attached hydrogen (secondary N) is 2.